The Kier molecular flexibility index (Phi) is 7.71. The van der Waals surface area contributed by atoms with Gasteiger partial charge in [0.15, 0.2) is 5.16 Å². The zero-order chi connectivity index (χ0) is 22.5. The number of alkyl halides is 3. The third-order valence-electron chi connectivity index (χ3n) is 3.78. The third kappa shape index (κ3) is 6.12. The summed E-state index contributed by atoms with van der Waals surface area (Å²) in [5.74, 6) is -0.598. The van der Waals surface area contributed by atoms with E-state index in [0.29, 0.717) is 16.4 Å². The van der Waals surface area contributed by atoms with Gasteiger partial charge in [-0.15, -0.1) is 0 Å². The number of hydrogen-bond donors (Lipinski definition) is 1. The number of carbonyl (C=O) groups is 1. The summed E-state index contributed by atoms with van der Waals surface area (Å²) in [7, 11) is 3.61. The van der Waals surface area contributed by atoms with Gasteiger partial charge in [-0.2, -0.15) is 13.2 Å². The number of rotatable bonds is 7. The van der Waals surface area contributed by atoms with E-state index in [-0.39, 0.29) is 23.7 Å². The number of hydrogen-bond acceptors (Lipinski definition) is 7. The van der Waals surface area contributed by atoms with Gasteiger partial charge in [0.2, 0.25) is 0 Å². The largest absolute Gasteiger partial charge is 0.462 e. The van der Waals surface area contributed by atoms with Crippen molar-refractivity contribution in [1.29, 1.82) is 0 Å². The Morgan fingerprint density at radius 1 is 1.27 bits per heavy atom. The van der Waals surface area contributed by atoms with Crippen molar-refractivity contribution in [3.05, 3.63) is 46.8 Å². The topological polar surface area (TPSA) is 67.3 Å². The Bertz CT molecular complexity index is 946. The van der Waals surface area contributed by atoms with Gasteiger partial charge in [-0.25, -0.2) is 14.8 Å². The molecule has 0 aliphatic rings. The molecule has 0 fully saturated rings. The molecule has 0 unspecified atom stereocenters. The minimum absolute atomic E-state index is 0.0443. The van der Waals surface area contributed by atoms with Crippen LogP contribution in [0.5, 0.6) is 0 Å². The first-order valence-electron chi connectivity index (χ1n) is 8.98. The number of aryl methyl sites for hydroxylation is 1. The number of aromatic nitrogens is 2. The van der Waals surface area contributed by atoms with Gasteiger partial charge in [0.05, 0.1) is 17.9 Å². The molecule has 0 spiro atoms. The smallest absolute Gasteiger partial charge is 0.416 e. The zero-order valence-corrected chi connectivity index (χ0v) is 18.1. The predicted octanol–water partition coefficient (Wildman–Crippen LogP) is 4.98. The fourth-order valence-corrected chi connectivity index (χ4v) is 2.91. The van der Waals surface area contributed by atoms with Gasteiger partial charge < -0.3 is 15.0 Å². The summed E-state index contributed by atoms with van der Waals surface area (Å²) in [6, 6.07) is 3.56. The Morgan fingerprint density at radius 2 is 1.97 bits per heavy atom. The van der Waals surface area contributed by atoms with E-state index in [9.17, 15) is 18.0 Å². The maximum absolute atomic E-state index is 13.2. The number of carbonyl (C=O) groups excluding carboxylic acids is 1. The van der Waals surface area contributed by atoms with Crippen molar-refractivity contribution in [2.24, 2.45) is 0 Å². The van der Waals surface area contributed by atoms with Crippen LogP contribution in [0.2, 0.25) is 0 Å². The lowest BCUT2D eigenvalue weighted by atomic mass is 10.1. The number of ether oxygens (including phenoxy) is 1. The predicted molar refractivity (Wildman–Crippen MR) is 112 cm³/mol. The number of thioether (sulfide) groups is 1. The molecule has 2 rings (SSSR count). The average molecular weight is 440 g/mol. The van der Waals surface area contributed by atoms with Crippen LogP contribution in [0.4, 0.5) is 24.7 Å². The maximum Gasteiger partial charge on any atom is 0.416 e. The Morgan fingerprint density at radius 3 is 2.53 bits per heavy atom. The number of anilines is 2. The molecule has 162 valence electrons. The molecular weight excluding hydrogens is 417 g/mol. The molecule has 0 atom stereocenters. The summed E-state index contributed by atoms with van der Waals surface area (Å²) in [5.41, 5.74) is 0.114. The number of nitrogens with zero attached hydrogens (tertiary/aromatic N) is 3. The summed E-state index contributed by atoms with van der Waals surface area (Å²) in [6.45, 7) is 3.35. The van der Waals surface area contributed by atoms with E-state index in [0.717, 1.165) is 12.1 Å². The van der Waals surface area contributed by atoms with Gasteiger partial charge in [-0.3, -0.25) is 0 Å². The van der Waals surface area contributed by atoms with Crippen LogP contribution < -0.4 is 5.32 Å². The van der Waals surface area contributed by atoms with E-state index >= 15 is 0 Å². The van der Waals surface area contributed by atoms with Crippen LogP contribution in [0.25, 0.3) is 6.08 Å². The van der Waals surface area contributed by atoms with Gasteiger partial charge in [-0.1, -0.05) is 11.8 Å². The minimum Gasteiger partial charge on any atom is -0.462 e. The number of benzene rings is 1. The van der Waals surface area contributed by atoms with Crippen LogP contribution in [0.3, 0.4) is 0 Å². The van der Waals surface area contributed by atoms with Crippen molar-refractivity contribution in [3.63, 3.8) is 0 Å². The van der Waals surface area contributed by atoms with Crippen molar-refractivity contribution < 1.29 is 22.7 Å². The molecule has 0 amide bonds. The second-order valence-corrected chi connectivity index (χ2v) is 7.30. The lowest BCUT2D eigenvalue weighted by Crippen LogP contribution is -2.14. The van der Waals surface area contributed by atoms with E-state index in [1.165, 1.54) is 11.8 Å². The molecule has 6 nitrogen and oxygen atoms in total. The minimum atomic E-state index is -4.50. The fourth-order valence-electron chi connectivity index (χ4n) is 2.54. The first-order chi connectivity index (χ1) is 14.0. The average Bonchev–Trinajstić information content (AvgIpc) is 2.64. The molecule has 2 aromatic rings. The highest BCUT2D eigenvalue weighted by Gasteiger charge is 2.31. The Labute approximate surface area is 177 Å². The number of halogens is 3. The molecule has 10 heteroatoms. The van der Waals surface area contributed by atoms with Crippen LogP contribution in [0.1, 0.15) is 34.1 Å². The van der Waals surface area contributed by atoms with Crippen molar-refractivity contribution in [2.45, 2.75) is 25.2 Å². The molecular formula is C20H23F3N4O2S. The van der Waals surface area contributed by atoms with Gasteiger partial charge in [-0.05, 0) is 49.9 Å². The standard InChI is InChI=1S/C20H23F3N4O2S/c1-6-29-18(28)16-15(7-8-27(3)4)25-19(30-5)26-17(16)24-14-10-12(2)9-13(11-14)20(21,22)23/h7-11H,6H2,1-5H3,(H,24,25,26)/b8-7+. The summed E-state index contributed by atoms with van der Waals surface area (Å²) in [6.07, 6.45) is 0.586. The molecule has 0 aliphatic heterocycles. The summed E-state index contributed by atoms with van der Waals surface area (Å²) >= 11 is 1.24. The molecule has 0 bridgehead atoms. The van der Waals surface area contributed by atoms with Gasteiger partial charge in [0.25, 0.3) is 0 Å². The first-order valence-corrected chi connectivity index (χ1v) is 10.2. The maximum atomic E-state index is 13.2. The second-order valence-electron chi connectivity index (χ2n) is 6.53. The van der Waals surface area contributed by atoms with E-state index in [1.807, 2.05) is 14.1 Å². The molecule has 1 N–H and O–H groups in total. The Hall–Kier alpha value is -2.75. The highest BCUT2D eigenvalue weighted by Crippen LogP contribution is 2.33. The van der Waals surface area contributed by atoms with Gasteiger partial charge in [0, 0.05) is 26.0 Å². The molecule has 1 heterocycles. The lowest BCUT2D eigenvalue weighted by Gasteiger charge is -2.16. The van der Waals surface area contributed by atoms with E-state index in [4.69, 9.17) is 4.74 Å². The highest BCUT2D eigenvalue weighted by molar-refractivity contribution is 7.98. The van der Waals surface area contributed by atoms with Crippen LogP contribution in [0, 0.1) is 6.92 Å². The molecule has 0 radical (unpaired) electrons. The van der Waals surface area contributed by atoms with Crippen molar-refractivity contribution in [1.82, 2.24) is 14.9 Å². The van der Waals surface area contributed by atoms with E-state index in [2.05, 4.69) is 15.3 Å². The summed E-state index contributed by atoms with van der Waals surface area (Å²) in [4.78, 5) is 23.1. The summed E-state index contributed by atoms with van der Waals surface area (Å²) in [5, 5.41) is 3.21. The van der Waals surface area contributed by atoms with E-state index in [1.54, 1.807) is 43.3 Å². The van der Waals surface area contributed by atoms with Crippen LogP contribution in [-0.2, 0) is 10.9 Å². The first kappa shape index (κ1) is 23.5. The van der Waals surface area contributed by atoms with E-state index < -0.39 is 17.7 Å². The van der Waals surface area contributed by atoms with Crippen LogP contribution in [-0.4, -0.2) is 47.8 Å². The van der Waals surface area contributed by atoms with Crippen molar-refractivity contribution >= 4 is 35.3 Å². The molecule has 1 aromatic carbocycles. The summed E-state index contributed by atoms with van der Waals surface area (Å²) < 4.78 is 44.8. The highest BCUT2D eigenvalue weighted by atomic mass is 32.2. The molecule has 0 aliphatic carbocycles. The molecule has 0 saturated heterocycles. The zero-order valence-electron chi connectivity index (χ0n) is 17.3. The number of nitrogens with one attached hydrogen (secondary N) is 1. The second kappa shape index (κ2) is 9.84. The van der Waals surface area contributed by atoms with Crippen LogP contribution in [0.15, 0.2) is 29.6 Å². The van der Waals surface area contributed by atoms with Crippen molar-refractivity contribution in [2.75, 3.05) is 32.3 Å². The lowest BCUT2D eigenvalue weighted by molar-refractivity contribution is -0.137. The van der Waals surface area contributed by atoms with Crippen LogP contribution >= 0.6 is 11.8 Å². The quantitative estimate of drug-likeness (QED) is 0.370. The molecule has 30 heavy (non-hydrogen) atoms. The molecule has 1 aromatic heterocycles. The molecule has 0 saturated carbocycles. The SMILES string of the molecule is CCOC(=O)c1c(/C=C/N(C)C)nc(SC)nc1Nc1cc(C)cc(C(F)(F)F)c1. The fraction of sp³-hybridized carbons (Fsp3) is 0.350. The monoisotopic (exact) mass is 440 g/mol. The van der Waals surface area contributed by atoms with Gasteiger partial charge in [0.1, 0.15) is 11.4 Å². The number of esters is 1. The Balaban J connectivity index is 2.64. The van der Waals surface area contributed by atoms with Crippen molar-refractivity contribution in [3.8, 4) is 0 Å². The van der Waals surface area contributed by atoms with Gasteiger partial charge >= 0.3 is 12.1 Å². The normalized spacial score (nSPS) is 11.6. The third-order valence-corrected chi connectivity index (χ3v) is 4.32.